The maximum absolute atomic E-state index is 12.8. The summed E-state index contributed by atoms with van der Waals surface area (Å²) in [7, 11) is 1.47. The van der Waals surface area contributed by atoms with Crippen LogP contribution < -0.4 is 10.2 Å². The zero-order chi connectivity index (χ0) is 18.4. The van der Waals surface area contributed by atoms with E-state index < -0.39 is 0 Å². The fourth-order valence-electron chi connectivity index (χ4n) is 2.80. The van der Waals surface area contributed by atoms with Gasteiger partial charge in [0.15, 0.2) is 5.76 Å². The zero-order valence-electron chi connectivity index (χ0n) is 15.1. The van der Waals surface area contributed by atoms with Gasteiger partial charge in [-0.1, -0.05) is 56.6 Å². The minimum Gasteiger partial charge on any atom is -0.490 e. The van der Waals surface area contributed by atoms with Crippen molar-refractivity contribution in [3.8, 4) is 17.1 Å². The summed E-state index contributed by atoms with van der Waals surface area (Å²) in [6.45, 7) is 8.35. The Morgan fingerprint density at radius 3 is 2.28 bits per heavy atom. The first kappa shape index (κ1) is 17.6. The second-order valence-corrected chi connectivity index (χ2v) is 7.63. The van der Waals surface area contributed by atoms with Crippen molar-refractivity contribution < 1.29 is 9.15 Å². The third-order valence-corrected chi connectivity index (χ3v) is 4.75. The molecule has 0 aliphatic rings. The Morgan fingerprint density at radius 2 is 1.72 bits per heavy atom. The monoisotopic (exact) mass is 356 g/mol. The van der Waals surface area contributed by atoms with Gasteiger partial charge in [-0.2, -0.15) is 0 Å². The van der Waals surface area contributed by atoms with Crippen LogP contribution in [0.4, 0.5) is 0 Å². The smallest absolute Gasteiger partial charge is 0.235 e. The van der Waals surface area contributed by atoms with E-state index in [1.54, 1.807) is 12.1 Å². The van der Waals surface area contributed by atoms with Gasteiger partial charge in [-0.15, -0.1) is 0 Å². The van der Waals surface area contributed by atoms with Crippen molar-refractivity contribution in [2.45, 2.75) is 33.1 Å². The van der Waals surface area contributed by atoms with Gasteiger partial charge in [0.1, 0.15) is 5.58 Å². The van der Waals surface area contributed by atoms with Gasteiger partial charge in [0.2, 0.25) is 11.2 Å². The van der Waals surface area contributed by atoms with Gasteiger partial charge in [0, 0.05) is 10.6 Å². The Labute approximate surface area is 152 Å². The molecule has 0 atom stereocenters. The van der Waals surface area contributed by atoms with Crippen molar-refractivity contribution in [1.29, 1.82) is 0 Å². The summed E-state index contributed by atoms with van der Waals surface area (Å²) in [5.74, 6) is 0.623. The van der Waals surface area contributed by atoms with Crippen LogP contribution in [0.25, 0.3) is 22.3 Å². The highest BCUT2D eigenvalue weighted by molar-refractivity contribution is 6.32. The van der Waals surface area contributed by atoms with E-state index >= 15 is 0 Å². The van der Waals surface area contributed by atoms with Gasteiger partial charge in [-0.3, -0.25) is 4.79 Å². The molecular formula is C21H21ClO3. The van der Waals surface area contributed by atoms with Crippen LogP contribution in [0.2, 0.25) is 5.02 Å². The topological polar surface area (TPSA) is 39.4 Å². The van der Waals surface area contributed by atoms with Gasteiger partial charge in [-0.25, -0.2) is 0 Å². The van der Waals surface area contributed by atoms with Gasteiger partial charge in [0.05, 0.1) is 12.5 Å². The van der Waals surface area contributed by atoms with Gasteiger partial charge < -0.3 is 9.15 Å². The molecule has 0 unspecified atom stereocenters. The van der Waals surface area contributed by atoms with E-state index in [4.69, 9.17) is 20.8 Å². The number of fused-ring (bicyclic) bond motifs is 1. The molecular weight excluding hydrogens is 336 g/mol. The van der Waals surface area contributed by atoms with E-state index in [1.807, 2.05) is 31.2 Å². The normalized spacial score (nSPS) is 11.8. The number of aryl methyl sites for hydroxylation is 1. The van der Waals surface area contributed by atoms with Gasteiger partial charge in [-0.05, 0) is 35.6 Å². The number of hydrogen-bond acceptors (Lipinski definition) is 3. The van der Waals surface area contributed by atoms with Crippen molar-refractivity contribution >= 4 is 22.6 Å². The minimum atomic E-state index is -0.222. The predicted molar refractivity (Wildman–Crippen MR) is 103 cm³/mol. The van der Waals surface area contributed by atoms with E-state index in [1.165, 1.54) is 12.7 Å². The molecule has 130 valence electrons. The quantitative estimate of drug-likeness (QED) is 0.588. The summed E-state index contributed by atoms with van der Waals surface area (Å²) in [5, 5.41) is 0.951. The SMILES string of the molecule is COc1c(-c2ccc(C(C)(C)C)cc2)oc2cc(C)c(Cl)cc2c1=O. The van der Waals surface area contributed by atoms with E-state index in [9.17, 15) is 4.79 Å². The number of halogens is 1. The second kappa shape index (κ2) is 6.23. The molecule has 0 saturated carbocycles. The van der Waals surface area contributed by atoms with Crippen molar-refractivity contribution in [2.24, 2.45) is 0 Å². The van der Waals surface area contributed by atoms with Crippen molar-refractivity contribution in [3.63, 3.8) is 0 Å². The average molecular weight is 357 g/mol. The highest BCUT2D eigenvalue weighted by Crippen LogP contribution is 2.33. The van der Waals surface area contributed by atoms with E-state index in [0.29, 0.717) is 21.8 Å². The number of methoxy groups -OCH3 is 1. The Bertz CT molecular complexity index is 993. The highest BCUT2D eigenvalue weighted by atomic mass is 35.5. The lowest BCUT2D eigenvalue weighted by Crippen LogP contribution is -2.11. The van der Waals surface area contributed by atoms with E-state index in [0.717, 1.165) is 11.1 Å². The number of hydrogen-bond donors (Lipinski definition) is 0. The summed E-state index contributed by atoms with van der Waals surface area (Å²) in [4.78, 5) is 12.8. The predicted octanol–water partition coefficient (Wildman–Crippen LogP) is 5.73. The van der Waals surface area contributed by atoms with Crippen LogP contribution in [0.3, 0.4) is 0 Å². The van der Waals surface area contributed by atoms with Crippen LogP contribution in [0, 0.1) is 6.92 Å². The van der Waals surface area contributed by atoms with Crippen LogP contribution in [0.5, 0.6) is 5.75 Å². The Morgan fingerprint density at radius 1 is 1.08 bits per heavy atom. The third kappa shape index (κ3) is 3.16. The first-order valence-electron chi connectivity index (χ1n) is 8.14. The molecule has 3 nitrogen and oxygen atoms in total. The molecule has 0 aliphatic heterocycles. The molecule has 0 spiro atoms. The third-order valence-electron chi connectivity index (χ3n) is 4.35. The van der Waals surface area contributed by atoms with Crippen molar-refractivity contribution in [3.05, 3.63) is 62.8 Å². The summed E-state index contributed by atoms with van der Waals surface area (Å²) in [6, 6.07) is 11.4. The summed E-state index contributed by atoms with van der Waals surface area (Å²) in [5.41, 5.74) is 3.21. The van der Waals surface area contributed by atoms with Crippen LogP contribution in [-0.2, 0) is 5.41 Å². The molecule has 0 N–H and O–H groups in total. The van der Waals surface area contributed by atoms with E-state index in [2.05, 4.69) is 20.8 Å². The largest absolute Gasteiger partial charge is 0.490 e. The molecule has 0 saturated heterocycles. The average Bonchev–Trinajstić information content (AvgIpc) is 2.56. The molecule has 0 aliphatic carbocycles. The number of benzene rings is 2. The summed E-state index contributed by atoms with van der Waals surface area (Å²) in [6.07, 6.45) is 0. The van der Waals surface area contributed by atoms with Gasteiger partial charge >= 0.3 is 0 Å². The Kier molecular flexibility index (Phi) is 4.38. The second-order valence-electron chi connectivity index (χ2n) is 7.22. The molecule has 0 fully saturated rings. The molecule has 1 aromatic heterocycles. The molecule has 2 aromatic carbocycles. The fourth-order valence-corrected chi connectivity index (χ4v) is 2.96. The lowest BCUT2D eigenvalue weighted by molar-refractivity contribution is 0.398. The molecule has 3 rings (SSSR count). The first-order valence-corrected chi connectivity index (χ1v) is 8.52. The summed E-state index contributed by atoms with van der Waals surface area (Å²) >= 11 is 6.15. The number of rotatable bonds is 2. The lowest BCUT2D eigenvalue weighted by Gasteiger charge is -2.19. The lowest BCUT2D eigenvalue weighted by atomic mass is 9.86. The van der Waals surface area contributed by atoms with Gasteiger partial charge in [0.25, 0.3) is 0 Å². The number of ether oxygens (including phenoxy) is 1. The molecule has 0 bridgehead atoms. The highest BCUT2D eigenvalue weighted by Gasteiger charge is 2.19. The minimum absolute atomic E-state index is 0.0562. The molecule has 3 aromatic rings. The van der Waals surface area contributed by atoms with Crippen molar-refractivity contribution in [2.75, 3.05) is 7.11 Å². The van der Waals surface area contributed by atoms with E-state index in [-0.39, 0.29) is 16.6 Å². The van der Waals surface area contributed by atoms with Crippen molar-refractivity contribution in [1.82, 2.24) is 0 Å². The standard InChI is InChI=1S/C21H21ClO3/c1-12-10-17-15(11-16(12)22)18(23)20(24-5)19(25-17)13-6-8-14(9-7-13)21(2,3)4/h6-11H,1-5H3. The molecule has 25 heavy (non-hydrogen) atoms. The fraction of sp³-hybridized carbons (Fsp3) is 0.286. The van der Waals surface area contributed by atoms with Crippen LogP contribution in [0.15, 0.2) is 45.6 Å². The Balaban J connectivity index is 2.25. The van der Waals surface area contributed by atoms with Crippen LogP contribution >= 0.6 is 11.6 Å². The molecule has 1 heterocycles. The molecule has 0 radical (unpaired) electrons. The first-order chi connectivity index (χ1) is 11.7. The molecule has 4 heteroatoms. The maximum Gasteiger partial charge on any atom is 0.235 e. The van der Waals surface area contributed by atoms with Crippen LogP contribution in [0.1, 0.15) is 31.9 Å². The van der Waals surface area contributed by atoms with Crippen LogP contribution in [-0.4, -0.2) is 7.11 Å². The summed E-state index contributed by atoms with van der Waals surface area (Å²) < 4.78 is 11.4. The maximum atomic E-state index is 12.8. The zero-order valence-corrected chi connectivity index (χ0v) is 15.8. The molecule has 0 amide bonds. The Hall–Kier alpha value is -2.26.